The topological polar surface area (TPSA) is 65.1 Å². The number of Topliss-reactive ketones (excluding diaryl/α,β-unsaturated/α-hetero) is 1. The second-order valence-electron chi connectivity index (χ2n) is 9.72. The van der Waals surface area contributed by atoms with Gasteiger partial charge in [-0.2, -0.15) is 0 Å². The van der Waals surface area contributed by atoms with E-state index in [-0.39, 0.29) is 5.78 Å². The van der Waals surface area contributed by atoms with E-state index < -0.39 is 22.1 Å². The summed E-state index contributed by atoms with van der Waals surface area (Å²) in [5.74, 6) is 0.298. The molecule has 0 aliphatic carbocycles. The van der Waals surface area contributed by atoms with Crippen LogP contribution < -0.4 is 4.74 Å². The number of alkyl halides is 3. The van der Waals surface area contributed by atoms with Crippen molar-refractivity contribution in [3.8, 4) is 5.75 Å². The lowest BCUT2D eigenvalue weighted by Gasteiger charge is -2.45. The number of rotatable bonds is 9. The number of hydrogen-bond donors (Lipinski definition) is 0. The van der Waals surface area contributed by atoms with Crippen molar-refractivity contribution in [2.45, 2.75) is 19.1 Å². The van der Waals surface area contributed by atoms with Gasteiger partial charge in [-0.1, -0.05) is 119 Å². The summed E-state index contributed by atoms with van der Waals surface area (Å²) in [7, 11) is 0. The van der Waals surface area contributed by atoms with Crippen LogP contribution in [0.3, 0.4) is 0 Å². The maximum absolute atomic E-state index is 14.7. The van der Waals surface area contributed by atoms with Crippen LogP contribution in [0.5, 0.6) is 5.75 Å². The molecule has 4 aromatic rings. The van der Waals surface area contributed by atoms with E-state index in [4.69, 9.17) is 49.0 Å². The molecule has 10 heteroatoms. The van der Waals surface area contributed by atoms with Gasteiger partial charge in [0.2, 0.25) is 3.79 Å². The van der Waals surface area contributed by atoms with Crippen LogP contribution in [0.25, 0.3) is 0 Å². The highest BCUT2D eigenvalue weighted by atomic mass is 35.6. The summed E-state index contributed by atoms with van der Waals surface area (Å²) < 4.78 is 13.9. The fraction of sp³-hybridized carbons (Fsp3) is 0.212. The van der Waals surface area contributed by atoms with Crippen LogP contribution in [0.1, 0.15) is 21.5 Å². The van der Waals surface area contributed by atoms with E-state index in [1.807, 2.05) is 97.1 Å². The number of hydrogen-bond acceptors (Lipinski definition) is 7. The highest BCUT2D eigenvalue weighted by molar-refractivity contribution is 7.99. The third kappa shape index (κ3) is 7.73. The van der Waals surface area contributed by atoms with Crippen molar-refractivity contribution in [3.63, 3.8) is 0 Å². The van der Waals surface area contributed by atoms with E-state index in [2.05, 4.69) is 4.90 Å². The van der Waals surface area contributed by atoms with E-state index in [1.165, 1.54) is 11.8 Å². The summed E-state index contributed by atoms with van der Waals surface area (Å²) in [6.45, 7) is 1.96. The summed E-state index contributed by atoms with van der Waals surface area (Å²) in [6.07, 6.45) is -0.967. The number of ether oxygens (including phenoxy) is 3. The molecule has 1 saturated heterocycles. The summed E-state index contributed by atoms with van der Waals surface area (Å²) in [5, 5.41) is 0. The Hall–Kier alpha value is -3.04. The fourth-order valence-electron chi connectivity index (χ4n) is 5.06. The summed E-state index contributed by atoms with van der Waals surface area (Å²) in [6, 6.07) is 34.5. The largest absolute Gasteiger partial charge is 0.513 e. The van der Waals surface area contributed by atoms with E-state index in [1.54, 1.807) is 12.1 Å². The van der Waals surface area contributed by atoms with Crippen molar-refractivity contribution in [2.75, 3.05) is 32.9 Å². The Morgan fingerprint density at radius 1 is 0.744 bits per heavy atom. The van der Waals surface area contributed by atoms with Gasteiger partial charge in [0.1, 0.15) is 17.9 Å². The van der Waals surface area contributed by atoms with Gasteiger partial charge in [0.05, 0.1) is 13.2 Å². The van der Waals surface area contributed by atoms with Gasteiger partial charge in [0, 0.05) is 28.4 Å². The van der Waals surface area contributed by atoms with Gasteiger partial charge in [0.25, 0.3) is 0 Å². The number of carbonyl (C=O) groups excluding carboxylic acids is 2. The molecular formula is C33H28Cl3NO5S. The van der Waals surface area contributed by atoms with Crippen LogP contribution in [0.15, 0.2) is 119 Å². The average molecular weight is 657 g/mol. The molecule has 43 heavy (non-hydrogen) atoms. The SMILES string of the molecule is O=C(OCC(Cl)(Cl)Cl)Oc1ccc(Sc2ccc(C(=O)C(c3ccccc3)(c3ccccc3)N3CCOCC3)cc2)cc1. The number of nitrogens with zero attached hydrogens (tertiary/aromatic N) is 1. The Morgan fingerprint density at radius 2 is 1.26 bits per heavy atom. The quantitative estimate of drug-likeness (QED) is 0.0779. The number of morpholine rings is 1. The molecule has 0 saturated carbocycles. The molecule has 222 valence electrons. The molecule has 0 radical (unpaired) electrons. The lowest BCUT2D eigenvalue weighted by atomic mass is 9.75. The molecule has 5 rings (SSSR count). The lowest BCUT2D eigenvalue weighted by Crippen LogP contribution is -2.56. The zero-order valence-corrected chi connectivity index (χ0v) is 26.0. The van der Waals surface area contributed by atoms with E-state index in [0.717, 1.165) is 20.9 Å². The minimum absolute atomic E-state index is 0.00600. The van der Waals surface area contributed by atoms with Gasteiger partial charge in [-0.3, -0.25) is 9.69 Å². The molecule has 0 bridgehead atoms. The average Bonchev–Trinajstić information content (AvgIpc) is 3.03. The van der Waals surface area contributed by atoms with E-state index in [0.29, 0.717) is 37.6 Å². The van der Waals surface area contributed by atoms with Crippen molar-refractivity contribution in [1.29, 1.82) is 0 Å². The second-order valence-corrected chi connectivity index (χ2v) is 13.4. The molecular weight excluding hydrogens is 629 g/mol. The molecule has 4 aromatic carbocycles. The summed E-state index contributed by atoms with van der Waals surface area (Å²) in [4.78, 5) is 30.6. The smallest absolute Gasteiger partial charge is 0.429 e. The first-order chi connectivity index (χ1) is 20.8. The van der Waals surface area contributed by atoms with Crippen molar-refractivity contribution in [3.05, 3.63) is 126 Å². The third-order valence-electron chi connectivity index (χ3n) is 6.93. The molecule has 0 atom stereocenters. The predicted molar refractivity (Wildman–Crippen MR) is 170 cm³/mol. The zero-order chi connectivity index (χ0) is 30.3. The first kappa shape index (κ1) is 31.4. The van der Waals surface area contributed by atoms with Gasteiger partial charge >= 0.3 is 6.16 Å². The van der Waals surface area contributed by atoms with Crippen molar-refractivity contribution in [2.24, 2.45) is 0 Å². The Labute approximate surface area is 269 Å². The number of benzene rings is 4. The first-order valence-corrected chi connectivity index (χ1v) is 15.5. The number of carbonyl (C=O) groups is 2. The minimum Gasteiger partial charge on any atom is -0.429 e. The molecule has 1 aliphatic heterocycles. The van der Waals surface area contributed by atoms with Crippen molar-refractivity contribution >= 4 is 58.5 Å². The standard InChI is InChI=1S/C33H28Cl3NO5S/c34-32(35,36)23-41-31(39)42-27-13-17-29(18-14-27)43-28-15-11-24(12-16-28)30(38)33(25-7-3-1-4-8-25,26-9-5-2-6-10-26)37-19-21-40-22-20-37/h1-18H,19-23H2. The van der Waals surface area contributed by atoms with Crippen LogP contribution in [0, 0.1) is 0 Å². The number of ketones is 1. The van der Waals surface area contributed by atoms with E-state index in [9.17, 15) is 9.59 Å². The molecule has 0 amide bonds. The lowest BCUT2D eigenvalue weighted by molar-refractivity contribution is -0.00462. The third-order valence-corrected chi connectivity index (χ3v) is 8.27. The Bertz CT molecular complexity index is 1470. The summed E-state index contributed by atoms with van der Waals surface area (Å²) >= 11 is 18.3. The van der Waals surface area contributed by atoms with Crippen LogP contribution in [0.4, 0.5) is 4.79 Å². The van der Waals surface area contributed by atoms with Crippen LogP contribution in [-0.4, -0.2) is 53.5 Å². The minimum atomic E-state index is -1.72. The van der Waals surface area contributed by atoms with Crippen LogP contribution >= 0.6 is 46.6 Å². The fourth-order valence-corrected chi connectivity index (χ4v) is 6.04. The highest BCUT2D eigenvalue weighted by Crippen LogP contribution is 2.40. The summed E-state index contributed by atoms with van der Waals surface area (Å²) in [5.41, 5.74) is 1.45. The second kappa shape index (κ2) is 14.2. The van der Waals surface area contributed by atoms with Gasteiger partial charge in [0.15, 0.2) is 5.78 Å². The van der Waals surface area contributed by atoms with Crippen molar-refractivity contribution < 1.29 is 23.8 Å². The Morgan fingerprint density at radius 3 is 1.77 bits per heavy atom. The maximum Gasteiger partial charge on any atom is 0.513 e. The van der Waals surface area contributed by atoms with Gasteiger partial charge in [-0.15, -0.1) is 0 Å². The van der Waals surface area contributed by atoms with E-state index >= 15 is 0 Å². The highest BCUT2D eigenvalue weighted by Gasteiger charge is 2.47. The molecule has 6 nitrogen and oxygen atoms in total. The Kier molecular flexibility index (Phi) is 10.3. The maximum atomic E-state index is 14.7. The number of halogens is 3. The normalized spacial score (nSPS) is 14.2. The molecule has 0 unspecified atom stereocenters. The first-order valence-electron chi connectivity index (χ1n) is 13.5. The zero-order valence-electron chi connectivity index (χ0n) is 23.0. The monoisotopic (exact) mass is 655 g/mol. The molecule has 0 spiro atoms. The molecule has 0 aromatic heterocycles. The Balaban J connectivity index is 1.36. The molecule has 0 N–H and O–H groups in total. The van der Waals surface area contributed by atoms with Crippen molar-refractivity contribution in [1.82, 2.24) is 4.90 Å². The molecule has 1 aliphatic rings. The predicted octanol–water partition coefficient (Wildman–Crippen LogP) is 8.18. The van der Waals surface area contributed by atoms with Crippen LogP contribution in [0.2, 0.25) is 0 Å². The molecule has 1 heterocycles. The van der Waals surface area contributed by atoms with Gasteiger partial charge in [-0.05, 0) is 47.5 Å². The molecule has 1 fully saturated rings. The van der Waals surface area contributed by atoms with Gasteiger partial charge < -0.3 is 14.2 Å². The van der Waals surface area contributed by atoms with Crippen LogP contribution in [-0.2, 0) is 15.0 Å². The van der Waals surface area contributed by atoms with Gasteiger partial charge in [-0.25, -0.2) is 4.79 Å².